The van der Waals surface area contributed by atoms with Crippen LogP contribution >= 0.6 is 11.6 Å². The number of nitrogens with one attached hydrogen (secondary N) is 1. The fourth-order valence-electron chi connectivity index (χ4n) is 1.53. The number of halogens is 1. The third kappa shape index (κ3) is 2.63. The normalized spacial score (nSPS) is 10.3. The van der Waals surface area contributed by atoms with Crippen molar-refractivity contribution < 1.29 is 9.53 Å². The number of rotatable bonds is 2. The van der Waals surface area contributed by atoms with Gasteiger partial charge in [0.1, 0.15) is 0 Å². The van der Waals surface area contributed by atoms with Gasteiger partial charge in [-0.1, -0.05) is 11.6 Å². The van der Waals surface area contributed by atoms with E-state index in [0.717, 1.165) is 0 Å². The Morgan fingerprint density at radius 3 is 2.68 bits per heavy atom. The van der Waals surface area contributed by atoms with Gasteiger partial charge in [0.2, 0.25) is 0 Å². The van der Waals surface area contributed by atoms with Crippen LogP contribution in [-0.2, 0) is 7.05 Å². The Balaban J connectivity index is 2.44. The van der Waals surface area contributed by atoms with E-state index in [9.17, 15) is 9.59 Å². The third-order valence-corrected chi connectivity index (χ3v) is 2.86. The topological polar surface area (TPSA) is 65.3 Å². The number of hydrogen-bond acceptors (Lipinski definition) is 3. The zero-order chi connectivity index (χ0) is 14.0. The Kier molecular flexibility index (Phi) is 3.62. The molecule has 0 saturated heterocycles. The highest BCUT2D eigenvalue weighted by Gasteiger charge is 2.10. The van der Waals surface area contributed by atoms with E-state index in [4.69, 9.17) is 16.3 Å². The summed E-state index contributed by atoms with van der Waals surface area (Å²) < 4.78 is 7.86. The molecule has 2 aromatic rings. The molecular formula is C12H12ClN3O3. The van der Waals surface area contributed by atoms with Gasteiger partial charge in [0.25, 0.3) is 0 Å². The molecule has 7 heteroatoms. The van der Waals surface area contributed by atoms with Gasteiger partial charge in [0, 0.05) is 32.6 Å². The molecule has 19 heavy (non-hydrogen) atoms. The van der Waals surface area contributed by atoms with Gasteiger partial charge in [-0.3, -0.25) is 4.57 Å². The minimum absolute atomic E-state index is 0.189. The van der Waals surface area contributed by atoms with Crippen LogP contribution in [0.1, 0.15) is 0 Å². The first kappa shape index (κ1) is 13.2. The second-order valence-corrected chi connectivity index (χ2v) is 4.22. The van der Waals surface area contributed by atoms with E-state index in [0.29, 0.717) is 5.69 Å². The minimum Gasteiger partial charge on any atom is -0.409 e. The number of aromatic nitrogens is 2. The third-order valence-electron chi connectivity index (χ3n) is 2.55. The summed E-state index contributed by atoms with van der Waals surface area (Å²) in [6, 6.07) is 4.76. The van der Waals surface area contributed by atoms with Crippen molar-refractivity contribution in [1.29, 1.82) is 0 Å². The number of ether oxygens (including phenoxy) is 1. The summed E-state index contributed by atoms with van der Waals surface area (Å²) in [5.74, 6) is 0.189. The minimum atomic E-state index is -0.626. The average Bonchev–Trinajstić information content (AvgIpc) is 2.73. The monoisotopic (exact) mass is 281 g/mol. The lowest BCUT2D eigenvalue weighted by molar-refractivity contribution is 0.203. The molecule has 1 aromatic carbocycles. The number of hydrogen-bond donors (Lipinski definition) is 1. The number of imidazole rings is 1. The summed E-state index contributed by atoms with van der Waals surface area (Å²) in [7, 11) is 3.10. The van der Waals surface area contributed by atoms with E-state index >= 15 is 0 Å². The quantitative estimate of drug-likeness (QED) is 0.908. The lowest BCUT2D eigenvalue weighted by Gasteiger charge is -2.08. The van der Waals surface area contributed by atoms with Crippen LogP contribution in [0.25, 0.3) is 5.69 Å². The Morgan fingerprint density at radius 2 is 2.11 bits per heavy atom. The van der Waals surface area contributed by atoms with E-state index in [2.05, 4.69) is 5.32 Å². The molecule has 2 rings (SSSR count). The first-order valence-corrected chi connectivity index (χ1v) is 5.84. The van der Waals surface area contributed by atoms with E-state index in [1.54, 1.807) is 31.6 Å². The molecule has 0 aliphatic carbocycles. The molecule has 0 aliphatic heterocycles. The van der Waals surface area contributed by atoms with Gasteiger partial charge in [-0.05, 0) is 12.1 Å². The molecule has 1 heterocycles. The van der Waals surface area contributed by atoms with E-state index in [-0.39, 0.29) is 16.5 Å². The van der Waals surface area contributed by atoms with Gasteiger partial charge < -0.3 is 14.6 Å². The smallest absolute Gasteiger partial charge is 0.409 e. The fraction of sp³-hybridized carbons (Fsp3) is 0.167. The van der Waals surface area contributed by atoms with Gasteiger partial charge in [-0.25, -0.2) is 9.59 Å². The van der Waals surface area contributed by atoms with Crippen molar-refractivity contribution in [3.05, 3.63) is 46.1 Å². The lowest BCUT2D eigenvalue weighted by atomic mass is 10.3. The predicted molar refractivity (Wildman–Crippen MR) is 71.1 cm³/mol. The van der Waals surface area contributed by atoms with Crippen LogP contribution in [0.4, 0.5) is 4.79 Å². The summed E-state index contributed by atoms with van der Waals surface area (Å²) in [5.41, 5.74) is 0.363. The van der Waals surface area contributed by atoms with Gasteiger partial charge in [-0.2, -0.15) is 0 Å². The van der Waals surface area contributed by atoms with Gasteiger partial charge >= 0.3 is 11.8 Å². The molecule has 1 N–H and O–H groups in total. The molecule has 0 bridgehead atoms. The zero-order valence-electron chi connectivity index (χ0n) is 10.4. The molecule has 0 fully saturated rings. The highest BCUT2D eigenvalue weighted by Crippen LogP contribution is 2.26. The van der Waals surface area contributed by atoms with Crippen LogP contribution in [0.5, 0.6) is 5.75 Å². The van der Waals surface area contributed by atoms with Crippen molar-refractivity contribution in [2.75, 3.05) is 7.05 Å². The van der Waals surface area contributed by atoms with Crippen LogP contribution < -0.4 is 15.7 Å². The van der Waals surface area contributed by atoms with E-state index in [1.165, 1.54) is 22.2 Å². The largest absolute Gasteiger partial charge is 0.412 e. The highest BCUT2D eigenvalue weighted by molar-refractivity contribution is 6.32. The number of benzene rings is 1. The van der Waals surface area contributed by atoms with E-state index in [1.807, 2.05) is 0 Å². The number of carbonyl (C=O) groups is 1. The Labute approximate surface area is 114 Å². The van der Waals surface area contributed by atoms with Gasteiger partial charge in [-0.15, -0.1) is 0 Å². The van der Waals surface area contributed by atoms with Crippen LogP contribution in [-0.4, -0.2) is 22.3 Å². The summed E-state index contributed by atoms with van der Waals surface area (Å²) in [6.45, 7) is 0. The molecule has 0 saturated carbocycles. The molecule has 0 spiro atoms. The molecule has 0 unspecified atom stereocenters. The highest BCUT2D eigenvalue weighted by atomic mass is 35.5. The molecule has 0 radical (unpaired) electrons. The van der Waals surface area contributed by atoms with Crippen LogP contribution in [0.15, 0.2) is 35.4 Å². The zero-order valence-corrected chi connectivity index (χ0v) is 11.1. The van der Waals surface area contributed by atoms with Crippen molar-refractivity contribution in [2.45, 2.75) is 0 Å². The Hall–Kier alpha value is -2.21. The van der Waals surface area contributed by atoms with Crippen molar-refractivity contribution in [1.82, 2.24) is 14.5 Å². The maximum absolute atomic E-state index is 11.8. The second kappa shape index (κ2) is 5.19. The van der Waals surface area contributed by atoms with Crippen LogP contribution in [0, 0.1) is 0 Å². The van der Waals surface area contributed by atoms with Gasteiger partial charge in [0.05, 0.1) is 10.7 Å². The molecule has 100 valence electrons. The Morgan fingerprint density at radius 1 is 1.37 bits per heavy atom. The predicted octanol–water partition coefficient (Wildman–Crippen LogP) is 1.55. The summed E-state index contributed by atoms with van der Waals surface area (Å²) in [4.78, 5) is 23.0. The Bertz CT molecular complexity index is 675. The van der Waals surface area contributed by atoms with Crippen molar-refractivity contribution in [2.24, 2.45) is 7.05 Å². The number of amides is 1. The van der Waals surface area contributed by atoms with E-state index < -0.39 is 6.09 Å². The second-order valence-electron chi connectivity index (χ2n) is 3.82. The van der Waals surface area contributed by atoms with Crippen LogP contribution in [0.2, 0.25) is 5.02 Å². The standard InChI is InChI=1S/C12H12ClN3O3/c1-14-11(17)19-10-7-8(3-4-9(10)13)16-6-5-15(2)12(16)18/h3-7H,1-2H3,(H,14,17). The first-order valence-electron chi connectivity index (χ1n) is 5.46. The SMILES string of the molecule is CNC(=O)Oc1cc(-n2ccn(C)c2=O)ccc1Cl. The number of nitrogens with zero attached hydrogens (tertiary/aromatic N) is 2. The molecule has 6 nitrogen and oxygen atoms in total. The van der Waals surface area contributed by atoms with Crippen LogP contribution in [0.3, 0.4) is 0 Å². The maximum Gasteiger partial charge on any atom is 0.412 e. The number of aryl methyl sites for hydroxylation is 1. The number of carbonyl (C=O) groups excluding carboxylic acids is 1. The molecular weight excluding hydrogens is 270 g/mol. The van der Waals surface area contributed by atoms with Crippen molar-refractivity contribution in [3.63, 3.8) is 0 Å². The van der Waals surface area contributed by atoms with Crippen molar-refractivity contribution >= 4 is 17.7 Å². The van der Waals surface area contributed by atoms with Crippen molar-refractivity contribution in [3.8, 4) is 11.4 Å². The summed E-state index contributed by atoms with van der Waals surface area (Å²) in [6.07, 6.45) is 2.63. The van der Waals surface area contributed by atoms with Gasteiger partial charge in [0.15, 0.2) is 5.75 Å². The lowest BCUT2D eigenvalue weighted by Crippen LogP contribution is -2.23. The summed E-state index contributed by atoms with van der Waals surface area (Å²) >= 11 is 5.93. The summed E-state index contributed by atoms with van der Waals surface area (Å²) in [5, 5.41) is 2.61. The molecule has 0 aliphatic rings. The molecule has 0 atom stereocenters. The fourth-order valence-corrected chi connectivity index (χ4v) is 1.69. The molecule has 1 aromatic heterocycles. The average molecular weight is 282 g/mol. The first-order chi connectivity index (χ1) is 9.02. The maximum atomic E-state index is 11.8. The molecule has 1 amide bonds.